The zero-order chi connectivity index (χ0) is 17.8. The Morgan fingerprint density at radius 2 is 2.24 bits per heavy atom. The van der Waals surface area contributed by atoms with Crippen LogP contribution in [0.2, 0.25) is 0 Å². The number of rotatable bonds is 5. The van der Waals surface area contributed by atoms with Crippen LogP contribution in [0.4, 0.5) is 0 Å². The Kier molecular flexibility index (Phi) is 5.81. The number of thioether (sulfide) groups is 1. The molecule has 1 atom stereocenters. The summed E-state index contributed by atoms with van der Waals surface area (Å²) in [6, 6.07) is 8.57. The zero-order valence-corrected chi connectivity index (χ0v) is 15.9. The molecule has 0 N–H and O–H groups in total. The number of hydrogen-bond acceptors (Lipinski definition) is 5. The lowest BCUT2D eigenvalue weighted by atomic mass is 10.1. The number of aryl methyl sites for hydroxylation is 2. The van der Waals surface area contributed by atoms with Crippen molar-refractivity contribution >= 4 is 17.7 Å². The van der Waals surface area contributed by atoms with E-state index in [0.29, 0.717) is 6.42 Å². The van der Waals surface area contributed by atoms with Crippen molar-refractivity contribution < 1.29 is 9.53 Å². The SMILES string of the molecule is COC(=O)CC1CSCCN1Cc1cn(-c2cccc(C)c2)nc1C. The molecular formula is C19H25N3O2S. The Bertz CT molecular complexity index is 744. The predicted molar refractivity (Wildman–Crippen MR) is 101 cm³/mol. The molecule has 134 valence electrons. The van der Waals surface area contributed by atoms with Crippen molar-refractivity contribution in [2.45, 2.75) is 32.9 Å². The summed E-state index contributed by atoms with van der Waals surface area (Å²) in [6.07, 6.45) is 2.57. The van der Waals surface area contributed by atoms with Gasteiger partial charge in [-0.1, -0.05) is 12.1 Å². The van der Waals surface area contributed by atoms with Crippen molar-refractivity contribution in [2.24, 2.45) is 0 Å². The van der Waals surface area contributed by atoms with Gasteiger partial charge in [0.15, 0.2) is 0 Å². The first-order valence-corrected chi connectivity index (χ1v) is 9.73. The summed E-state index contributed by atoms with van der Waals surface area (Å²) in [6.45, 7) is 5.94. The van der Waals surface area contributed by atoms with E-state index in [1.54, 1.807) is 0 Å². The molecule has 1 unspecified atom stereocenters. The van der Waals surface area contributed by atoms with Gasteiger partial charge in [0, 0.05) is 42.4 Å². The molecule has 0 spiro atoms. The van der Waals surface area contributed by atoms with Gasteiger partial charge in [0.25, 0.3) is 0 Å². The highest BCUT2D eigenvalue weighted by molar-refractivity contribution is 7.99. The summed E-state index contributed by atoms with van der Waals surface area (Å²) in [5.41, 5.74) is 4.55. The van der Waals surface area contributed by atoms with Gasteiger partial charge < -0.3 is 4.74 Å². The highest BCUT2D eigenvalue weighted by Gasteiger charge is 2.26. The molecule has 0 aliphatic carbocycles. The number of methoxy groups -OCH3 is 1. The smallest absolute Gasteiger partial charge is 0.307 e. The van der Waals surface area contributed by atoms with Gasteiger partial charge in [-0.15, -0.1) is 0 Å². The van der Waals surface area contributed by atoms with E-state index in [4.69, 9.17) is 4.74 Å². The molecule has 0 bridgehead atoms. The third kappa shape index (κ3) is 4.44. The fourth-order valence-electron chi connectivity index (χ4n) is 3.13. The van der Waals surface area contributed by atoms with E-state index in [2.05, 4.69) is 54.3 Å². The molecule has 2 aromatic rings. The molecular weight excluding hydrogens is 334 g/mol. The highest BCUT2D eigenvalue weighted by atomic mass is 32.2. The topological polar surface area (TPSA) is 47.4 Å². The molecule has 2 heterocycles. The lowest BCUT2D eigenvalue weighted by Gasteiger charge is -2.34. The first-order valence-electron chi connectivity index (χ1n) is 8.57. The van der Waals surface area contributed by atoms with Gasteiger partial charge in [0.2, 0.25) is 0 Å². The van der Waals surface area contributed by atoms with E-state index in [1.165, 1.54) is 18.2 Å². The van der Waals surface area contributed by atoms with Crippen LogP contribution < -0.4 is 0 Å². The molecule has 1 saturated heterocycles. The van der Waals surface area contributed by atoms with Crippen LogP contribution in [0.3, 0.4) is 0 Å². The van der Waals surface area contributed by atoms with Crippen LogP contribution in [0.1, 0.15) is 23.2 Å². The number of ether oxygens (including phenoxy) is 1. The van der Waals surface area contributed by atoms with Crippen molar-refractivity contribution in [1.29, 1.82) is 0 Å². The number of benzene rings is 1. The van der Waals surface area contributed by atoms with Gasteiger partial charge in [0.05, 0.1) is 24.9 Å². The van der Waals surface area contributed by atoms with Crippen LogP contribution >= 0.6 is 11.8 Å². The second kappa shape index (κ2) is 8.06. The number of nitrogens with zero attached hydrogens (tertiary/aromatic N) is 3. The number of hydrogen-bond donors (Lipinski definition) is 0. The van der Waals surface area contributed by atoms with E-state index in [-0.39, 0.29) is 12.0 Å². The average Bonchev–Trinajstić information content (AvgIpc) is 2.97. The van der Waals surface area contributed by atoms with Gasteiger partial charge in [-0.2, -0.15) is 16.9 Å². The molecule has 1 aliphatic rings. The summed E-state index contributed by atoms with van der Waals surface area (Å²) in [5.74, 6) is 1.94. The van der Waals surface area contributed by atoms with Gasteiger partial charge in [-0.3, -0.25) is 9.69 Å². The lowest BCUT2D eigenvalue weighted by molar-refractivity contribution is -0.141. The molecule has 0 amide bonds. The quantitative estimate of drug-likeness (QED) is 0.768. The second-order valence-electron chi connectivity index (χ2n) is 6.50. The predicted octanol–water partition coefficient (Wildman–Crippen LogP) is 2.97. The molecule has 1 aliphatic heterocycles. The van der Waals surface area contributed by atoms with Gasteiger partial charge in [0.1, 0.15) is 0 Å². The largest absolute Gasteiger partial charge is 0.469 e. The van der Waals surface area contributed by atoms with E-state index >= 15 is 0 Å². The van der Waals surface area contributed by atoms with Crippen LogP contribution in [0, 0.1) is 13.8 Å². The lowest BCUT2D eigenvalue weighted by Crippen LogP contribution is -2.43. The summed E-state index contributed by atoms with van der Waals surface area (Å²) in [7, 11) is 1.46. The second-order valence-corrected chi connectivity index (χ2v) is 7.65. The van der Waals surface area contributed by atoms with Crippen LogP contribution in [0.15, 0.2) is 30.5 Å². The fourth-order valence-corrected chi connectivity index (χ4v) is 4.26. The minimum Gasteiger partial charge on any atom is -0.469 e. The molecule has 6 heteroatoms. The van der Waals surface area contributed by atoms with Crippen molar-refractivity contribution in [2.75, 3.05) is 25.2 Å². The number of carbonyl (C=O) groups is 1. The van der Waals surface area contributed by atoms with Gasteiger partial charge >= 0.3 is 5.97 Å². The zero-order valence-electron chi connectivity index (χ0n) is 15.1. The van der Waals surface area contributed by atoms with E-state index in [1.807, 2.05) is 16.4 Å². The maximum atomic E-state index is 11.7. The fraction of sp³-hybridized carbons (Fsp3) is 0.474. The first kappa shape index (κ1) is 18.0. The molecule has 1 aromatic heterocycles. The minimum atomic E-state index is -0.135. The van der Waals surface area contributed by atoms with E-state index in [0.717, 1.165) is 36.0 Å². The number of aromatic nitrogens is 2. The van der Waals surface area contributed by atoms with Crippen LogP contribution in [0.5, 0.6) is 0 Å². The molecule has 0 saturated carbocycles. The first-order chi connectivity index (χ1) is 12.1. The van der Waals surface area contributed by atoms with Crippen molar-refractivity contribution in [3.63, 3.8) is 0 Å². The molecule has 25 heavy (non-hydrogen) atoms. The summed E-state index contributed by atoms with van der Waals surface area (Å²) >= 11 is 1.91. The maximum Gasteiger partial charge on any atom is 0.307 e. The third-order valence-corrected chi connectivity index (χ3v) is 5.71. The Morgan fingerprint density at radius 3 is 3.00 bits per heavy atom. The van der Waals surface area contributed by atoms with Gasteiger partial charge in [-0.05, 0) is 31.5 Å². The molecule has 5 nitrogen and oxygen atoms in total. The number of esters is 1. The number of carbonyl (C=O) groups excluding carboxylic acids is 1. The average molecular weight is 359 g/mol. The highest BCUT2D eigenvalue weighted by Crippen LogP contribution is 2.23. The van der Waals surface area contributed by atoms with E-state index < -0.39 is 0 Å². The molecule has 3 rings (SSSR count). The van der Waals surface area contributed by atoms with Crippen molar-refractivity contribution in [3.8, 4) is 5.69 Å². The van der Waals surface area contributed by atoms with Crippen molar-refractivity contribution in [3.05, 3.63) is 47.3 Å². The summed E-state index contributed by atoms with van der Waals surface area (Å²) < 4.78 is 6.81. The third-order valence-electron chi connectivity index (χ3n) is 4.62. The maximum absolute atomic E-state index is 11.7. The summed E-state index contributed by atoms with van der Waals surface area (Å²) in [5, 5.41) is 4.68. The van der Waals surface area contributed by atoms with Crippen LogP contribution in [0.25, 0.3) is 5.69 Å². The Balaban J connectivity index is 1.76. The molecule has 1 aromatic carbocycles. The minimum absolute atomic E-state index is 0.135. The monoisotopic (exact) mass is 359 g/mol. The van der Waals surface area contributed by atoms with E-state index in [9.17, 15) is 4.79 Å². The molecule has 0 radical (unpaired) electrons. The molecule has 1 fully saturated rings. The van der Waals surface area contributed by atoms with Crippen molar-refractivity contribution in [1.82, 2.24) is 14.7 Å². The Hall–Kier alpha value is -1.79. The van der Waals surface area contributed by atoms with Crippen LogP contribution in [-0.2, 0) is 16.1 Å². The van der Waals surface area contributed by atoms with Crippen LogP contribution in [-0.4, -0.2) is 51.9 Å². The van der Waals surface area contributed by atoms with Gasteiger partial charge in [-0.25, -0.2) is 4.68 Å². The standard InChI is InChI=1S/C19H25N3O2S/c1-14-5-4-6-17(9-14)22-12-16(15(2)20-22)11-21-7-8-25-13-18(21)10-19(23)24-3/h4-6,9,12,18H,7-8,10-11,13H2,1-3H3. The Morgan fingerprint density at radius 1 is 1.40 bits per heavy atom. The normalized spacial score (nSPS) is 18.3. The Labute approximate surface area is 153 Å². The summed E-state index contributed by atoms with van der Waals surface area (Å²) in [4.78, 5) is 14.1.